The Morgan fingerprint density at radius 2 is 1.81 bits per heavy atom. The molecule has 8 heteroatoms. The van der Waals surface area contributed by atoms with Crippen molar-refractivity contribution in [2.45, 2.75) is 50.0 Å². The van der Waals surface area contributed by atoms with E-state index in [2.05, 4.69) is 5.32 Å². The van der Waals surface area contributed by atoms with E-state index < -0.39 is 30.2 Å². The van der Waals surface area contributed by atoms with E-state index >= 15 is 0 Å². The molecule has 5 atom stereocenters. The van der Waals surface area contributed by atoms with Gasteiger partial charge in [0.25, 0.3) is 0 Å². The summed E-state index contributed by atoms with van der Waals surface area (Å²) in [7, 11) is 0. The van der Waals surface area contributed by atoms with Crippen molar-refractivity contribution in [1.29, 1.82) is 0 Å². The van der Waals surface area contributed by atoms with Gasteiger partial charge in [0.05, 0.1) is 24.1 Å². The van der Waals surface area contributed by atoms with Crippen molar-refractivity contribution in [2.75, 3.05) is 18.0 Å². The third-order valence-electron chi connectivity index (χ3n) is 5.93. The number of hydrogen-bond donors (Lipinski definition) is 3. The summed E-state index contributed by atoms with van der Waals surface area (Å²) < 4.78 is 13.4. The summed E-state index contributed by atoms with van der Waals surface area (Å²) in [4.78, 5) is 16.9. The molecular weight excluding hydrogens is 369 g/mol. The van der Waals surface area contributed by atoms with Gasteiger partial charge in [-0.2, -0.15) is 0 Å². The zero-order chi connectivity index (χ0) is 19.1. The molecule has 0 spiro atoms. The molecule has 27 heavy (non-hydrogen) atoms. The molecule has 3 aliphatic rings. The fourth-order valence-electron chi connectivity index (χ4n) is 4.58. The molecule has 2 heterocycles. The molecule has 4 rings (SSSR count). The quantitative estimate of drug-likeness (QED) is 0.652. The molecule has 2 aliphatic heterocycles. The number of nitrogens with one attached hydrogen (secondary N) is 1. The predicted molar refractivity (Wildman–Crippen MR) is 103 cm³/mol. The van der Waals surface area contributed by atoms with Crippen molar-refractivity contribution in [1.82, 2.24) is 10.2 Å². The van der Waals surface area contributed by atoms with Crippen LogP contribution in [0.2, 0.25) is 0 Å². The SMILES string of the molecule is O=C([C@@H]1C[C@@H](O)[C@H](O)[C@@H]2NC(=S)N(c3ccc(F)cc3)[C@@H]21)N1CCCCC1. The van der Waals surface area contributed by atoms with Crippen LogP contribution in [-0.2, 0) is 4.79 Å². The van der Waals surface area contributed by atoms with E-state index in [0.717, 1.165) is 32.4 Å². The molecular formula is C19H24FN3O3S. The van der Waals surface area contributed by atoms with Gasteiger partial charge < -0.3 is 25.3 Å². The molecule has 1 amide bonds. The highest BCUT2D eigenvalue weighted by atomic mass is 32.1. The van der Waals surface area contributed by atoms with E-state index in [0.29, 0.717) is 10.8 Å². The minimum atomic E-state index is -1.02. The van der Waals surface area contributed by atoms with E-state index in [9.17, 15) is 19.4 Å². The highest BCUT2D eigenvalue weighted by molar-refractivity contribution is 7.80. The van der Waals surface area contributed by atoms with Gasteiger partial charge in [-0.1, -0.05) is 0 Å². The number of nitrogens with zero attached hydrogens (tertiary/aromatic N) is 2. The van der Waals surface area contributed by atoms with Gasteiger partial charge in [-0.05, 0) is 62.2 Å². The van der Waals surface area contributed by atoms with Crippen LogP contribution in [0.1, 0.15) is 25.7 Å². The molecule has 0 aromatic heterocycles. The van der Waals surface area contributed by atoms with Crippen molar-refractivity contribution < 1.29 is 19.4 Å². The molecule has 1 aromatic carbocycles. The van der Waals surface area contributed by atoms with Crippen molar-refractivity contribution >= 4 is 28.9 Å². The van der Waals surface area contributed by atoms with E-state index in [1.165, 1.54) is 12.1 Å². The zero-order valence-corrected chi connectivity index (χ0v) is 15.7. The lowest BCUT2D eigenvalue weighted by atomic mass is 9.76. The largest absolute Gasteiger partial charge is 0.390 e. The van der Waals surface area contributed by atoms with Crippen LogP contribution in [0.25, 0.3) is 0 Å². The molecule has 1 aromatic rings. The monoisotopic (exact) mass is 393 g/mol. The highest BCUT2D eigenvalue weighted by Gasteiger charge is 2.54. The van der Waals surface area contributed by atoms with E-state index in [1.807, 2.05) is 4.90 Å². The number of benzene rings is 1. The fourth-order valence-corrected chi connectivity index (χ4v) is 4.94. The molecule has 0 bridgehead atoms. The third kappa shape index (κ3) is 3.30. The Bertz CT molecular complexity index is 725. The third-order valence-corrected chi connectivity index (χ3v) is 6.25. The summed E-state index contributed by atoms with van der Waals surface area (Å²) in [6.45, 7) is 1.44. The van der Waals surface area contributed by atoms with Gasteiger partial charge in [0.2, 0.25) is 5.91 Å². The van der Waals surface area contributed by atoms with Crippen LogP contribution in [0.15, 0.2) is 24.3 Å². The molecule has 3 fully saturated rings. The molecule has 0 unspecified atom stereocenters. The smallest absolute Gasteiger partial charge is 0.227 e. The number of carbonyl (C=O) groups is 1. The van der Waals surface area contributed by atoms with Gasteiger partial charge in [0.15, 0.2) is 5.11 Å². The summed E-state index contributed by atoms with van der Waals surface area (Å²) in [5.74, 6) is -0.854. The number of halogens is 1. The Morgan fingerprint density at radius 3 is 2.48 bits per heavy atom. The molecule has 1 aliphatic carbocycles. The molecule has 2 saturated heterocycles. The number of hydrogen-bond acceptors (Lipinski definition) is 4. The average molecular weight is 393 g/mol. The van der Waals surface area contributed by atoms with E-state index in [4.69, 9.17) is 12.2 Å². The molecule has 0 radical (unpaired) electrons. The molecule has 6 nitrogen and oxygen atoms in total. The van der Waals surface area contributed by atoms with Crippen molar-refractivity contribution in [2.24, 2.45) is 5.92 Å². The number of aliphatic hydroxyl groups is 2. The van der Waals surface area contributed by atoms with Crippen LogP contribution >= 0.6 is 12.2 Å². The summed E-state index contributed by atoms with van der Waals surface area (Å²) in [5.41, 5.74) is 0.668. The molecule has 3 N–H and O–H groups in total. The first-order valence-electron chi connectivity index (χ1n) is 9.47. The number of carbonyl (C=O) groups excluding carboxylic acids is 1. The number of aliphatic hydroxyl groups excluding tert-OH is 2. The lowest BCUT2D eigenvalue weighted by Gasteiger charge is -2.43. The summed E-state index contributed by atoms with van der Waals surface area (Å²) in [6.07, 6.45) is 1.25. The van der Waals surface area contributed by atoms with Gasteiger partial charge in [0.1, 0.15) is 11.9 Å². The lowest BCUT2D eigenvalue weighted by molar-refractivity contribution is -0.142. The number of anilines is 1. The standard InChI is InChI=1S/C19H24FN3O3S/c20-11-4-6-12(7-5-11)23-16-13(18(26)22-8-2-1-3-9-22)10-14(24)17(25)15(16)21-19(23)27/h4-7,13-17,24-25H,1-3,8-10H2,(H,21,27)/t13-,14-,15-,16-,17+/m1/s1. The number of fused-ring (bicyclic) bond motifs is 1. The minimum absolute atomic E-state index is 0.00531. The Morgan fingerprint density at radius 1 is 1.15 bits per heavy atom. The fraction of sp³-hybridized carbons (Fsp3) is 0.579. The average Bonchev–Trinajstić information content (AvgIpc) is 3.03. The highest BCUT2D eigenvalue weighted by Crippen LogP contribution is 2.37. The van der Waals surface area contributed by atoms with Gasteiger partial charge in [-0.3, -0.25) is 4.79 Å². The number of likely N-dealkylation sites (tertiary alicyclic amines) is 1. The number of rotatable bonds is 2. The van der Waals surface area contributed by atoms with Crippen LogP contribution in [0.4, 0.5) is 10.1 Å². The Hall–Kier alpha value is -1.77. The predicted octanol–water partition coefficient (Wildman–Crippen LogP) is 1.01. The first kappa shape index (κ1) is 18.6. The van der Waals surface area contributed by atoms with E-state index in [1.54, 1.807) is 17.0 Å². The first-order valence-corrected chi connectivity index (χ1v) is 9.88. The van der Waals surface area contributed by atoms with Gasteiger partial charge in [-0.25, -0.2) is 4.39 Å². The summed E-state index contributed by atoms with van der Waals surface area (Å²) >= 11 is 5.46. The maximum absolute atomic E-state index is 13.4. The van der Waals surface area contributed by atoms with Crippen molar-refractivity contribution in [3.8, 4) is 0 Å². The second-order valence-corrected chi connectivity index (χ2v) is 7.99. The minimum Gasteiger partial charge on any atom is -0.390 e. The number of amides is 1. The second-order valence-electron chi connectivity index (χ2n) is 7.60. The summed E-state index contributed by atoms with van der Waals surface area (Å²) in [6, 6.07) is 4.96. The normalized spacial score (nSPS) is 33.6. The van der Waals surface area contributed by atoms with E-state index in [-0.39, 0.29) is 18.1 Å². The Balaban J connectivity index is 1.68. The summed E-state index contributed by atoms with van der Waals surface area (Å²) in [5, 5.41) is 24.3. The van der Waals surface area contributed by atoms with Gasteiger partial charge >= 0.3 is 0 Å². The van der Waals surface area contributed by atoms with Crippen LogP contribution < -0.4 is 10.2 Å². The van der Waals surface area contributed by atoms with Crippen molar-refractivity contribution in [3.63, 3.8) is 0 Å². The maximum Gasteiger partial charge on any atom is 0.227 e. The molecule has 1 saturated carbocycles. The van der Waals surface area contributed by atoms with Gasteiger partial charge in [0, 0.05) is 18.8 Å². The Kier molecular flexibility index (Phi) is 5.05. The Labute approximate surface area is 163 Å². The second kappa shape index (κ2) is 7.33. The topological polar surface area (TPSA) is 76.0 Å². The maximum atomic E-state index is 13.4. The number of piperidine rings is 1. The van der Waals surface area contributed by atoms with Crippen LogP contribution in [0.3, 0.4) is 0 Å². The molecule has 146 valence electrons. The lowest BCUT2D eigenvalue weighted by Crippen LogP contribution is -2.61. The van der Waals surface area contributed by atoms with Gasteiger partial charge in [-0.15, -0.1) is 0 Å². The number of thiocarbonyl (C=S) groups is 1. The van der Waals surface area contributed by atoms with Crippen molar-refractivity contribution in [3.05, 3.63) is 30.1 Å². The van der Waals surface area contributed by atoms with Crippen LogP contribution in [0.5, 0.6) is 0 Å². The first-order chi connectivity index (χ1) is 13.0. The van der Waals surface area contributed by atoms with Crippen LogP contribution in [0, 0.1) is 11.7 Å². The zero-order valence-electron chi connectivity index (χ0n) is 14.9. The van der Waals surface area contributed by atoms with Crippen LogP contribution in [-0.4, -0.2) is 63.5 Å².